The summed E-state index contributed by atoms with van der Waals surface area (Å²) >= 11 is 0. The highest BCUT2D eigenvalue weighted by molar-refractivity contribution is 7.89. The Balaban J connectivity index is 1.73. The van der Waals surface area contributed by atoms with Crippen LogP contribution in [0.4, 0.5) is 5.69 Å². The quantitative estimate of drug-likeness (QED) is 0.770. The molecule has 0 spiro atoms. The van der Waals surface area contributed by atoms with Crippen molar-refractivity contribution in [2.24, 2.45) is 0 Å². The van der Waals surface area contributed by atoms with Gasteiger partial charge in [-0.3, -0.25) is 4.79 Å². The number of nitrogens with zero attached hydrogens (tertiary/aromatic N) is 1. The average Bonchev–Trinajstić information content (AvgIpc) is 3.18. The zero-order valence-corrected chi connectivity index (χ0v) is 17.0. The van der Waals surface area contributed by atoms with Crippen LogP contribution in [0.2, 0.25) is 0 Å². The molecule has 1 heterocycles. The normalized spacial score (nSPS) is 17.8. The monoisotopic (exact) mass is 402 g/mol. The molecule has 1 aliphatic heterocycles. The van der Waals surface area contributed by atoms with Gasteiger partial charge < -0.3 is 10.1 Å². The third-order valence-electron chi connectivity index (χ3n) is 4.63. The van der Waals surface area contributed by atoms with Crippen LogP contribution in [0.15, 0.2) is 59.5 Å². The molecule has 3 rings (SSSR count). The first-order valence-electron chi connectivity index (χ1n) is 9.46. The van der Waals surface area contributed by atoms with Crippen molar-refractivity contribution in [3.63, 3.8) is 0 Å². The summed E-state index contributed by atoms with van der Waals surface area (Å²) in [5, 5.41) is 2.86. The van der Waals surface area contributed by atoms with Crippen molar-refractivity contribution in [3.8, 4) is 0 Å². The summed E-state index contributed by atoms with van der Waals surface area (Å²) < 4.78 is 32.8. The van der Waals surface area contributed by atoms with E-state index >= 15 is 0 Å². The van der Waals surface area contributed by atoms with Crippen molar-refractivity contribution in [3.05, 3.63) is 60.2 Å². The Morgan fingerprint density at radius 1 is 1.18 bits per heavy atom. The fraction of sp³-hybridized carbons (Fsp3) is 0.381. The van der Waals surface area contributed by atoms with E-state index in [-0.39, 0.29) is 16.9 Å². The highest BCUT2D eigenvalue weighted by Crippen LogP contribution is 2.27. The minimum atomic E-state index is -3.70. The van der Waals surface area contributed by atoms with E-state index in [2.05, 4.69) is 5.32 Å². The molecule has 1 unspecified atom stereocenters. The maximum absolute atomic E-state index is 12.9. The first kappa shape index (κ1) is 20.5. The van der Waals surface area contributed by atoms with Gasteiger partial charge in [-0.25, -0.2) is 8.42 Å². The molecule has 2 aromatic carbocycles. The summed E-state index contributed by atoms with van der Waals surface area (Å²) in [4.78, 5) is 13.0. The number of nitrogens with one attached hydrogen (secondary N) is 1. The number of carbonyl (C=O) groups excluding carboxylic acids is 1. The molecule has 1 aliphatic rings. The molecular weight excluding hydrogens is 376 g/mol. The molecule has 7 heteroatoms. The van der Waals surface area contributed by atoms with E-state index in [1.54, 1.807) is 36.4 Å². The number of amides is 1. The lowest BCUT2D eigenvalue weighted by molar-refractivity contribution is -0.119. The summed E-state index contributed by atoms with van der Waals surface area (Å²) in [6.45, 7) is 4.73. The summed E-state index contributed by atoms with van der Waals surface area (Å²) in [6.07, 6.45) is 1.29. The van der Waals surface area contributed by atoms with Crippen LogP contribution in [0.1, 0.15) is 32.3 Å². The molecule has 0 bridgehead atoms. The second-order valence-corrected chi connectivity index (χ2v) is 9.03. The summed E-state index contributed by atoms with van der Waals surface area (Å²) in [5.74, 6) is -0.307. The SMILES string of the molecule is CC(C)OCc1cccc(NC(=O)C2CCCN2S(=O)(=O)c2ccccc2)c1. The van der Waals surface area contributed by atoms with E-state index in [4.69, 9.17) is 4.74 Å². The van der Waals surface area contributed by atoms with Crippen molar-refractivity contribution < 1.29 is 17.9 Å². The smallest absolute Gasteiger partial charge is 0.243 e. The Labute approximate surface area is 166 Å². The van der Waals surface area contributed by atoms with Crippen molar-refractivity contribution in [1.82, 2.24) is 4.31 Å². The van der Waals surface area contributed by atoms with Gasteiger partial charge in [-0.15, -0.1) is 0 Å². The molecule has 0 aromatic heterocycles. The molecule has 1 N–H and O–H groups in total. The molecule has 150 valence electrons. The largest absolute Gasteiger partial charge is 0.374 e. The maximum atomic E-state index is 12.9. The topological polar surface area (TPSA) is 75.7 Å². The Bertz CT molecular complexity index is 913. The molecule has 28 heavy (non-hydrogen) atoms. The predicted molar refractivity (Wildman–Crippen MR) is 108 cm³/mol. The Morgan fingerprint density at radius 2 is 1.93 bits per heavy atom. The highest BCUT2D eigenvalue weighted by atomic mass is 32.2. The molecule has 0 aliphatic carbocycles. The molecule has 0 saturated carbocycles. The van der Waals surface area contributed by atoms with E-state index < -0.39 is 16.1 Å². The van der Waals surface area contributed by atoms with Crippen molar-refractivity contribution >= 4 is 21.6 Å². The van der Waals surface area contributed by atoms with Gasteiger partial charge in [-0.2, -0.15) is 4.31 Å². The van der Waals surface area contributed by atoms with Gasteiger partial charge in [0.05, 0.1) is 17.6 Å². The molecule has 6 nitrogen and oxygen atoms in total. The molecular formula is C21H26N2O4S. The van der Waals surface area contributed by atoms with Crippen LogP contribution in [-0.2, 0) is 26.2 Å². The zero-order valence-electron chi connectivity index (χ0n) is 16.2. The standard InChI is InChI=1S/C21H26N2O4S/c1-16(2)27-15-17-8-6-9-18(14-17)22-21(24)20-12-7-13-23(20)28(25,26)19-10-4-3-5-11-19/h3-6,8-11,14,16,20H,7,12-13,15H2,1-2H3,(H,22,24). The molecule has 0 radical (unpaired) electrons. The van der Waals surface area contributed by atoms with Crippen LogP contribution >= 0.6 is 0 Å². The average molecular weight is 403 g/mol. The van der Waals surface area contributed by atoms with Gasteiger partial charge >= 0.3 is 0 Å². The van der Waals surface area contributed by atoms with Crippen LogP contribution < -0.4 is 5.32 Å². The van der Waals surface area contributed by atoms with Gasteiger partial charge in [0.1, 0.15) is 6.04 Å². The number of carbonyl (C=O) groups is 1. The van der Waals surface area contributed by atoms with Crippen LogP contribution in [0, 0.1) is 0 Å². The van der Waals surface area contributed by atoms with Crippen LogP contribution in [0.3, 0.4) is 0 Å². The minimum Gasteiger partial charge on any atom is -0.374 e. The first-order valence-corrected chi connectivity index (χ1v) is 10.9. The van der Waals surface area contributed by atoms with Crippen LogP contribution in [0.25, 0.3) is 0 Å². The van der Waals surface area contributed by atoms with Gasteiger partial charge in [0, 0.05) is 12.2 Å². The van der Waals surface area contributed by atoms with Crippen molar-refractivity contribution in [2.75, 3.05) is 11.9 Å². The van der Waals surface area contributed by atoms with Crippen LogP contribution in [-0.4, -0.2) is 37.3 Å². The lowest BCUT2D eigenvalue weighted by atomic mass is 10.2. The first-order chi connectivity index (χ1) is 13.4. The van der Waals surface area contributed by atoms with E-state index in [1.165, 1.54) is 4.31 Å². The Hall–Kier alpha value is -2.22. The molecule has 2 aromatic rings. The lowest BCUT2D eigenvalue weighted by Crippen LogP contribution is -2.43. The van der Waals surface area contributed by atoms with Gasteiger partial charge in [0.15, 0.2) is 0 Å². The number of ether oxygens (including phenoxy) is 1. The number of anilines is 1. The fourth-order valence-electron chi connectivity index (χ4n) is 3.25. The lowest BCUT2D eigenvalue weighted by Gasteiger charge is -2.23. The third kappa shape index (κ3) is 4.79. The Kier molecular flexibility index (Phi) is 6.49. The molecule has 1 amide bonds. The number of sulfonamides is 1. The Morgan fingerprint density at radius 3 is 2.64 bits per heavy atom. The van der Waals surface area contributed by atoms with Gasteiger partial charge in [0.25, 0.3) is 0 Å². The van der Waals surface area contributed by atoms with Crippen LogP contribution in [0.5, 0.6) is 0 Å². The predicted octanol–water partition coefficient (Wildman–Crippen LogP) is 3.40. The summed E-state index contributed by atoms with van der Waals surface area (Å²) in [6, 6.07) is 15.0. The number of hydrogen-bond donors (Lipinski definition) is 1. The van der Waals surface area contributed by atoms with Crippen molar-refractivity contribution in [1.29, 1.82) is 0 Å². The minimum absolute atomic E-state index is 0.119. The second-order valence-electron chi connectivity index (χ2n) is 7.14. The number of rotatable bonds is 7. The third-order valence-corrected chi connectivity index (χ3v) is 6.56. The number of hydrogen-bond acceptors (Lipinski definition) is 4. The van der Waals surface area contributed by atoms with E-state index in [0.29, 0.717) is 31.7 Å². The molecule has 1 atom stereocenters. The second kappa shape index (κ2) is 8.86. The fourth-order valence-corrected chi connectivity index (χ4v) is 4.92. The molecule has 1 fully saturated rings. The summed E-state index contributed by atoms with van der Waals surface area (Å²) in [7, 11) is -3.70. The number of benzene rings is 2. The summed E-state index contributed by atoms with van der Waals surface area (Å²) in [5.41, 5.74) is 1.59. The molecule has 1 saturated heterocycles. The van der Waals surface area contributed by atoms with E-state index in [1.807, 2.05) is 32.0 Å². The zero-order chi connectivity index (χ0) is 20.1. The highest BCUT2D eigenvalue weighted by Gasteiger charge is 2.39. The van der Waals surface area contributed by atoms with E-state index in [9.17, 15) is 13.2 Å². The maximum Gasteiger partial charge on any atom is 0.243 e. The van der Waals surface area contributed by atoms with E-state index in [0.717, 1.165) is 5.56 Å². The van der Waals surface area contributed by atoms with Gasteiger partial charge in [0.2, 0.25) is 15.9 Å². The van der Waals surface area contributed by atoms with Crippen molar-refractivity contribution in [2.45, 2.75) is 50.3 Å². The van der Waals surface area contributed by atoms with Gasteiger partial charge in [-0.05, 0) is 56.5 Å². The van der Waals surface area contributed by atoms with Gasteiger partial charge in [-0.1, -0.05) is 30.3 Å².